The van der Waals surface area contributed by atoms with E-state index in [1.807, 2.05) is 0 Å². The summed E-state index contributed by atoms with van der Waals surface area (Å²) < 4.78 is 49.5. The zero-order chi connectivity index (χ0) is 10.1. The minimum atomic E-state index is -4.22. The van der Waals surface area contributed by atoms with Gasteiger partial charge < -0.3 is 0 Å². The van der Waals surface area contributed by atoms with Gasteiger partial charge >= 0.3 is 6.18 Å². The zero-order valence-electron chi connectivity index (χ0n) is 7.02. The van der Waals surface area contributed by atoms with Crippen LogP contribution < -0.4 is 0 Å². The van der Waals surface area contributed by atoms with E-state index in [-0.39, 0.29) is 19.3 Å². The summed E-state index contributed by atoms with van der Waals surface area (Å²) in [5.74, 6) is -1.41. The Morgan fingerprint density at radius 2 is 1.85 bits per heavy atom. The lowest BCUT2D eigenvalue weighted by Crippen LogP contribution is -2.36. The van der Waals surface area contributed by atoms with Crippen molar-refractivity contribution in [3.63, 3.8) is 0 Å². The van der Waals surface area contributed by atoms with Crippen LogP contribution in [0.5, 0.6) is 0 Å². The summed E-state index contributed by atoms with van der Waals surface area (Å²) in [6, 6.07) is -0.875. The summed E-state index contributed by atoms with van der Waals surface area (Å²) in [6.45, 7) is 3.09. The van der Waals surface area contributed by atoms with E-state index in [0.717, 1.165) is 0 Å². The van der Waals surface area contributed by atoms with Gasteiger partial charge in [0.05, 0.1) is 12.0 Å². The van der Waals surface area contributed by atoms with Crippen LogP contribution in [0.2, 0.25) is 0 Å². The lowest BCUT2D eigenvalue weighted by molar-refractivity contribution is -0.185. The van der Waals surface area contributed by atoms with Crippen molar-refractivity contribution in [2.24, 2.45) is 10.9 Å². The predicted molar refractivity (Wildman–Crippen MR) is 41.6 cm³/mol. The number of halogens is 4. The molecule has 0 saturated heterocycles. The Kier molecular flexibility index (Phi) is 2.93. The van der Waals surface area contributed by atoms with Crippen LogP contribution in [0.25, 0.3) is 0 Å². The summed E-state index contributed by atoms with van der Waals surface area (Å²) >= 11 is 0. The first-order valence-electron chi connectivity index (χ1n) is 4.11. The third-order valence-corrected chi connectivity index (χ3v) is 2.43. The fraction of sp³-hybridized carbons (Fsp3) is 0.875. The van der Waals surface area contributed by atoms with Crippen LogP contribution in [0.15, 0.2) is 4.99 Å². The highest BCUT2D eigenvalue weighted by molar-refractivity contribution is 5.24. The van der Waals surface area contributed by atoms with Gasteiger partial charge in [-0.15, -0.1) is 0 Å². The van der Waals surface area contributed by atoms with Crippen molar-refractivity contribution in [2.75, 3.05) is 0 Å². The Morgan fingerprint density at radius 3 is 2.31 bits per heavy atom. The van der Waals surface area contributed by atoms with E-state index < -0.39 is 24.3 Å². The van der Waals surface area contributed by atoms with Gasteiger partial charge in [0.15, 0.2) is 0 Å². The van der Waals surface area contributed by atoms with Crippen molar-refractivity contribution in [2.45, 2.75) is 37.7 Å². The highest BCUT2D eigenvalue weighted by Gasteiger charge is 2.44. The minimum absolute atomic E-state index is 0.0616. The maximum atomic E-state index is 12.9. The van der Waals surface area contributed by atoms with Crippen molar-refractivity contribution in [3.8, 4) is 0 Å². The van der Waals surface area contributed by atoms with Gasteiger partial charge in [-0.3, -0.25) is 4.99 Å². The first kappa shape index (κ1) is 10.5. The van der Waals surface area contributed by atoms with Gasteiger partial charge in [-0.2, -0.15) is 13.2 Å². The summed E-state index contributed by atoms with van der Waals surface area (Å²) in [5, 5.41) is 0. The number of alkyl halides is 4. The lowest BCUT2D eigenvalue weighted by Gasteiger charge is -2.30. The van der Waals surface area contributed by atoms with E-state index in [2.05, 4.69) is 11.7 Å². The maximum absolute atomic E-state index is 12.9. The molecule has 0 aromatic carbocycles. The average molecular weight is 197 g/mol. The van der Waals surface area contributed by atoms with E-state index in [9.17, 15) is 17.6 Å². The summed E-state index contributed by atoms with van der Waals surface area (Å²) in [6.07, 6.45) is -5.92. The van der Waals surface area contributed by atoms with E-state index in [4.69, 9.17) is 0 Å². The van der Waals surface area contributed by atoms with Crippen LogP contribution >= 0.6 is 0 Å². The van der Waals surface area contributed by atoms with Gasteiger partial charge in [0.1, 0.15) is 6.17 Å². The van der Waals surface area contributed by atoms with Crippen molar-refractivity contribution in [1.82, 2.24) is 0 Å². The zero-order valence-corrected chi connectivity index (χ0v) is 7.02. The van der Waals surface area contributed by atoms with Gasteiger partial charge in [-0.05, 0) is 26.0 Å². The molecule has 0 amide bonds. The Morgan fingerprint density at radius 1 is 1.23 bits per heavy atom. The van der Waals surface area contributed by atoms with Gasteiger partial charge in [-0.25, -0.2) is 4.39 Å². The predicted octanol–water partition coefficient (Wildman–Crippen LogP) is 2.76. The molecule has 0 N–H and O–H groups in total. The SMILES string of the molecule is C=NC1CC(C(F)(F)F)CCC1F. The third-order valence-electron chi connectivity index (χ3n) is 2.43. The molecular formula is C8H11F4N. The fourth-order valence-electron chi connectivity index (χ4n) is 1.60. The van der Waals surface area contributed by atoms with Crippen molar-refractivity contribution < 1.29 is 17.6 Å². The van der Waals surface area contributed by atoms with Gasteiger partial charge in [0.25, 0.3) is 0 Å². The lowest BCUT2D eigenvalue weighted by atomic mass is 9.84. The van der Waals surface area contributed by atoms with Crippen LogP contribution in [0.4, 0.5) is 17.6 Å². The molecule has 76 valence electrons. The Bertz CT molecular complexity index is 189. The van der Waals surface area contributed by atoms with Crippen LogP contribution in [-0.4, -0.2) is 25.1 Å². The average Bonchev–Trinajstić information content (AvgIpc) is 2.03. The smallest absolute Gasteiger partial charge is 0.295 e. The topological polar surface area (TPSA) is 12.4 Å². The first-order valence-corrected chi connectivity index (χ1v) is 4.11. The number of hydrogen-bond acceptors (Lipinski definition) is 1. The van der Waals surface area contributed by atoms with Crippen molar-refractivity contribution >= 4 is 6.72 Å². The largest absolute Gasteiger partial charge is 0.391 e. The third kappa shape index (κ3) is 2.42. The van der Waals surface area contributed by atoms with Crippen LogP contribution in [0.1, 0.15) is 19.3 Å². The standard InChI is InChI=1S/C8H11F4N/c1-13-7-4-5(8(10,11)12)2-3-6(7)9/h5-7H,1-4H2. The molecule has 1 aliphatic carbocycles. The normalized spacial score (nSPS) is 35.8. The number of hydrogen-bond donors (Lipinski definition) is 0. The molecule has 0 aromatic heterocycles. The van der Waals surface area contributed by atoms with Gasteiger partial charge in [-0.1, -0.05) is 0 Å². The summed E-state index contributed by atoms with van der Waals surface area (Å²) in [7, 11) is 0. The molecule has 1 nitrogen and oxygen atoms in total. The van der Waals surface area contributed by atoms with Crippen molar-refractivity contribution in [3.05, 3.63) is 0 Å². The number of rotatable bonds is 1. The molecule has 13 heavy (non-hydrogen) atoms. The minimum Gasteiger partial charge on any atom is -0.295 e. The molecule has 0 bridgehead atoms. The Labute approximate surface area is 73.8 Å². The Balaban J connectivity index is 2.60. The molecule has 1 aliphatic rings. The van der Waals surface area contributed by atoms with Gasteiger partial charge in [0.2, 0.25) is 0 Å². The molecule has 0 aromatic rings. The molecule has 5 heteroatoms. The highest BCUT2D eigenvalue weighted by Crippen LogP contribution is 2.39. The molecule has 3 unspecified atom stereocenters. The molecule has 0 radical (unpaired) electrons. The van der Waals surface area contributed by atoms with Crippen LogP contribution in [-0.2, 0) is 0 Å². The van der Waals surface area contributed by atoms with E-state index >= 15 is 0 Å². The van der Waals surface area contributed by atoms with Crippen molar-refractivity contribution in [1.29, 1.82) is 0 Å². The second-order valence-corrected chi connectivity index (χ2v) is 3.32. The molecule has 1 fully saturated rings. The molecule has 0 spiro atoms. The molecule has 1 rings (SSSR count). The Hall–Kier alpha value is -0.610. The maximum Gasteiger partial charge on any atom is 0.391 e. The molecule has 3 atom stereocenters. The molecule has 0 heterocycles. The second kappa shape index (κ2) is 3.64. The van der Waals surface area contributed by atoms with E-state index in [1.54, 1.807) is 0 Å². The van der Waals surface area contributed by atoms with Crippen LogP contribution in [0, 0.1) is 5.92 Å². The number of nitrogens with zero attached hydrogens (tertiary/aromatic N) is 1. The quantitative estimate of drug-likeness (QED) is 0.452. The summed E-state index contributed by atoms with van der Waals surface area (Å²) in [5.41, 5.74) is 0. The summed E-state index contributed by atoms with van der Waals surface area (Å²) in [4.78, 5) is 3.37. The molecule has 1 saturated carbocycles. The van der Waals surface area contributed by atoms with E-state index in [1.165, 1.54) is 0 Å². The monoisotopic (exact) mass is 197 g/mol. The second-order valence-electron chi connectivity index (χ2n) is 3.32. The van der Waals surface area contributed by atoms with Gasteiger partial charge in [0, 0.05) is 0 Å². The van der Waals surface area contributed by atoms with Crippen LogP contribution in [0.3, 0.4) is 0 Å². The number of aliphatic imine (C=N–C) groups is 1. The highest BCUT2D eigenvalue weighted by atomic mass is 19.4. The molecule has 0 aliphatic heterocycles. The fourth-order valence-corrected chi connectivity index (χ4v) is 1.60. The first-order chi connectivity index (χ1) is 5.95. The van der Waals surface area contributed by atoms with E-state index in [0.29, 0.717) is 0 Å². The molecular weight excluding hydrogens is 186 g/mol.